The molecule has 1 aliphatic carbocycles. The Bertz CT molecular complexity index is 1220. The molecule has 208 valence electrons. The fraction of sp³-hybridized carbons (Fsp3) is 0.452. The lowest BCUT2D eigenvalue weighted by Crippen LogP contribution is -2.26. The monoisotopic (exact) mass is 549 g/mol. The van der Waals surface area contributed by atoms with E-state index in [0.717, 1.165) is 25.7 Å². The largest absolute Gasteiger partial charge is 0.460 e. The molecule has 0 unspecified atom stereocenters. The first kappa shape index (κ1) is 30.2. The van der Waals surface area contributed by atoms with Crippen molar-refractivity contribution in [1.29, 1.82) is 0 Å². The summed E-state index contributed by atoms with van der Waals surface area (Å²) >= 11 is 1.20. The molecule has 0 bridgehead atoms. The highest BCUT2D eigenvalue weighted by Gasteiger charge is 2.26. The molecule has 39 heavy (non-hydrogen) atoms. The molecule has 1 fully saturated rings. The van der Waals surface area contributed by atoms with Crippen LogP contribution in [0.3, 0.4) is 0 Å². The Morgan fingerprint density at radius 2 is 1.54 bits per heavy atom. The van der Waals surface area contributed by atoms with Crippen LogP contribution in [0, 0.1) is 5.92 Å². The van der Waals surface area contributed by atoms with Crippen molar-refractivity contribution in [3.63, 3.8) is 0 Å². The number of ether oxygens (including phenoxy) is 1. The van der Waals surface area contributed by atoms with Crippen molar-refractivity contribution in [3.8, 4) is 0 Å². The molecule has 1 saturated carbocycles. The number of nitrogens with one attached hydrogen (secondary N) is 1. The third kappa shape index (κ3) is 9.39. The third-order valence-electron chi connectivity index (χ3n) is 6.46. The molecule has 0 aliphatic heterocycles. The van der Waals surface area contributed by atoms with Crippen LogP contribution in [-0.2, 0) is 16.0 Å². The lowest BCUT2D eigenvalue weighted by molar-refractivity contribution is -0.156. The molecule has 0 spiro atoms. The van der Waals surface area contributed by atoms with Crippen molar-refractivity contribution in [1.82, 2.24) is 10.2 Å². The molecule has 7 nitrogen and oxygen atoms in total. The predicted molar refractivity (Wildman–Crippen MR) is 155 cm³/mol. The van der Waals surface area contributed by atoms with Gasteiger partial charge in [0.25, 0.3) is 5.91 Å². The number of aromatic nitrogens is 2. The van der Waals surface area contributed by atoms with Gasteiger partial charge in [0.05, 0.1) is 6.42 Å². The van der Waals surface area contributed by atoms with Gasteiger partial charge in [-0.05, 0) is 76.0 Å². The summed E-state index contributed by atoms with van der Waals surface area (Å²) in [6.45, 7) is 9.69. The predicted octanol–water partition coefficient (Wildman–Crippen LogP) is 7.25. The zero-order valence-corrected chi connectivity index (χ0v) is 24.3. The molecule has 1 amide bonds. The Morgan fingerprint density at radius 3 is 2.15 bits per heavy atom. The van der Waals surface area contributed by atoms with Gasteiger partial charge in [-0.3, -0.25) is 19.7 Å². The number of nitrogens with zero attached hydrogens (tertiary/aromatic N) is 2. The zero-order valence-electron chi connectivity index (χ0n) is 23.5. The number of ketones is 1. The second kappa shape index (κ2) is 14.1. The van der Waals surface area contributed by atoms with Crippen LogP contribution in [0.25, 0.3) is 0 Å². The summed E-state index contributed by atoms with van der Waals surface area (Å²) in [6, 6.07) is 16.7. The van der Waals surface area contributed by atoms with Crippen LogP contribution >= 0.6 is 11.3 Å². The van der Waals surface area contributed by atoms with Crippen molar-refractivity contribution in [2.24, 2.45) is 5.92 Å². The van der Waals surface area contributed by atoms with Crippen molar-refractivity contribution in [2.75, 3.05) is 5.32 Å². The van der Waals surface area contributed by atoms with Crippen LogP contribution in [0.4, 0.5) is 5.13 Å². The Kier molecular flexibility index (Phi) is 10.9. The van der Waals surface area contributed by atoms with E-state index in [-0.39, 0.29) is 24.1 Å². The smallest absolute Gasteiger partial charge is 0.306 e. The van der Waals surface area contributed by atoms with Crippen LogP contribution < -0.4 is 5.32 Å². The van der Waals surface area contributed by atoms with Gasteiger partial charge in [0.2, 0.25) is 5.13 Å². The van der Waals surface area contributed by atoms with Gasteiger partial charge >= 0.3 is 5.97 Å². The minimum absolute atomic E-state index is 0.0379. The number of carbonyl (C=O) groups is 3. The van der Waals surface area contributed by atoms with Crippen molar-refractivity contribution < 1.29 is 19.1 Å². The maximum Gasteiger partial charge on any atom is 0.306 e. The summed E-state index contributed by atoms with van der Waals surface area (Å²) in [6.07, 6.45) is 4.67. The maximum absolute atomic E-state index is 12.7. The molecule has 1 aromatic heterocycles. The Hall–Kier alpha value is -3.39. The molecule has 3 aromatic rings. The zero-order chi connectivity index (χ0) is 28.4. The Labute approximate surface area is 235 Å². The summed E-state index contributed by atoms with van der Waals surface area (Å²) in [7, 11) is 0. The number of rotatable bonds is 8. The minimum Gasteiger partial charge on any atom is -0.460 e. The molecular weight excluding hydrogens is 510 g/mol. The van der Waals surface area contributed by atoms with Crippen molar-refractivity contribution >= 4 is 34.1 Å². The SMILES string of the molecule is CC.CC(C)(C)OC(=O)CC1CCC(c2ccc(C(=O)Nc3nnc(CC(=O)c4ccccc4)s3)cc2)CC1. The van der Waals surface area contributed by atoms with Crippen molar-refractivity contribution in [3.05, 3.63) is 76.3 Å². The van der Waals surface area contributed by atoms with E-state index in [1.807, 2.05) is 77.1 Å². The topological polar surface area (TPSA) is 98.2 Å². The number of esters is 1. The standard InChI is InChI=1S/C29H33N3O4S.C2H6/c1-29(2,3)36-26(34)17-19-9-11-20(12-10-19)21-13-15-23(16-14-21)27(35)30-28-32-31-25(37-28)18-24(33)22-7-5-4-6-8-22;1-2/h4-8,13-16,19-20H,9-12,17-18H2,1-3H3,(H,30,32,35);1-2H3. The highest BCUT2D eigenvalue weighted by atomic mass is 32.1. The lowest BCUT2D eigenvalue weighted by atomic mass is 9.77. The van der Waals surface area contributed by atoms with Gasteiger partial charge in [0.15, 0.2) is 5.78 Å². The molecule has 0 saturated heterocycles. The molecule has 4 rings (SSSR count). The number of hydrogen-bond acceptors (Lipinski definition) is 7. The number of hydrogen-bond donors (Lipinski definition) is 1. The van der Waals surface area contributed by atoms with Gasteiger partial charge in [0, 0.05) is 17.5 Å². The van der Waals surface area contributed by atoms with E-state index in [1.165, 1.54) is 16.9 Å². The normalized spacial score (nSPS) is 16.9. The summed E-state index contributed by atoms with van der Waals surface area (Å²) in [5, 5.41) is 11.8. The summed E-state index contributed by atoms with van der Waals surface area (Å²) in [5.74, 6) is 0.390. The highest BCUT2D eigenvalue weighted by molar-refractivity contribution is 7.15. The van der Waals surface area contributed by atoms with Crippen LogP contribution in [0.1, 0.15) is 104 Å². The number of benzene rings is 2. The van der Waals surface area contributed by atoms with E-state index in [1.54, 1.807) is 12.1 Å². The summed E-state index contributed by atoms with van der Waals surface area (Å²) in [5.41, 5.74) is 1.94. The lowest BCUT2D eigenvalue weighted by Gasteiger charge is -2.29. The van der Waals surface area contributed by atoms with Gasteiger partial charge in [-0.2, -0.15) is 0 Å². The summed E-state index contributed by atoms with van der Waals surface area (Å²) < 4.78 is 5.47. The van der Waals surface area contributed by atoms with E-state index in [2.05, 4.69) is 15.5 Å². The summed E-state index contributed by atoms with van der Waals surface area (Å²) in [4.78, 5) is 37.2. The first-order valence-electron chi connectivity index (χ1n) is 13.7. The molecule has 2 aromatic carbocycles. The average molecular weight is 550 g/mol. The molecule has 1 heterocycles. The molecule has 1 aliphatic rings. The van der Waals surface area contributed by atoms with E-state index in [4.69, 9.17) is 4.74 Å². The molecular formula is C31H39N3O4S. The number of amides is 1. The first-order valence-corrected chi connectivity index (χ1v) is 14.5. The van der Waals surface area contributed by atoms with Gasteiger partial charge in [-0.15, -0.1) is 10.2 Å². The second-order valence-corrected chi connectivity index (χ2v) is 11.6. The van der Waals surface area contributed by atoms with Gasteiger partial charge in [0.1, 0.15) is 10.6 Å². The van der Waals surface area contributed by atoms with Gasteiger partial charge < -0.3 is 4.74 Å². The minimum atomic E-state index is -0.442. The fourth-order valence-electron chi connectivity index (χ4n) is 4.63. The number of anilines is 1. The third-order valence-corrected chi connectivity index (χ3v) is 7.30. The van der Waals surface area contributed by atoms with Crippen LogP contribution in [-0.4, -0.2) is 33.5 Å². The molecule has 0 atom stereocenters. The molecule has 1 N–H and O–H groups in total. The first-order chi connectivity index (χ1) is 18.7. The fourth-order valence-corrected chi connectivity index (χ4v) is 5.37. The van der Waals surface area contributed by atoms with Gasteiger partial charge in [-0.25, -0.2) is 0 Å². The molecule has 8 heteroatoms. The maximum atomic E-state index is 12.7. The molecule has 0 radical (unpaired) electrons. The number of carbonyl (C=O) groups excluding carboxylic acids is 3. The van der Waals surface area contributed by atoms with E-state index < -0.39 is 5.60 Å². The average Bonchev–Trinajstić information content (AvgIpc) is 3.36. The van der Waals surface area contributed by atoms with Crippen LogP contribution in [0.5, 0.6) is 0 Å². The Morgan fingerprint density at radius 1 is 0.897 bits per heavy atom. The van der Waals surface area contributed by atoms with Crippen LogP contribution in [0.15, 0.2) is 54.6 Å². The van der Waals surface area contributed by atoms with Crippen molar-refractivity contribution in [2.45, 2.75) is 84.7 Å². The highest BCUT2D eigenvalue weighted by Crippen LogP contribution is 2.37. The van der Waals surface area contributed by atoms with Gasteiger partial charge in [-0.1, -0.05) is 67.6 Å². The Balaban J connectivity index is 0.00000205. The van der Waals surface area contributed by atoms with E-state index in [9.17, 15) is 14.4 Å². The van der Waals surface area contributed by atoms with E-state index in [0.29, 0.717) is 39.5 Å². The van der Waals surface area contributed by atoms with E-state index >= 15 is 0 Å². The number of Topliss-reactive ketones (excluding diaryl/α,β-unsaturated/α-hetero) is 1. The van der Waals surface area contributed by atoms with Crippen LogP contribution in [0.2, 0.25) is 0 Å². The second-order valence-electron chi connectivity index (χ2n) is 10.6. The quantitative estimate of drug-likeness (QED) is 0.235.